The van der Waals surface area contributed by atoms with E-state index in [2.05, 4.69) is 15.1 Å². The van der Waals surface area contributed by atoms with Crippen molar-refractivity contribution in [2.75, 3.05) is 7.11 Å². The van der Waals surface area contributed by atoms with Crippen molar-refractivity contribution < 1.29 is 9.13 Å². The predicted octanol–water partition coefficient (Wildman–Crippen LogP) is 2.59. The molecule has 0 aliphatic carbocycles. The summed E-state index contributed by atoms with van der Waals surface area (Å²) >= 11 is 0. The van der Waals surface area contributed by atoms with Gasteiger partial charge in [-0.25, -0.2) is 14.1 Å². The van der Waals surface area contributed by atoms with E-state index in [4.69, 9.17) is 4.74 Å². The van der Waals surface area contributed by atoms with Crippen LogP contribution in [-0.2, 0) is 6.54 Å². The fraction of sp³-hybridized carbons (Fsp3) is 0.231. The van der Waals surface area contributed by atoms with Crippen LogP contribution in [0.2, 0.25) is 0 Å². The van der Waals surface area contributed by atoms with E-state index in [0.29, 0.717) is 11.6 Å². The molecular formula is C13H13FN4O. The zero-order chi connectivity index (χ0) is 13.4. The summed E-state index contributed by atoms with van der Waals surface area (Å²) in [7, 11) is 1.51. The zero-order valence-electron chi connectivity index (χ0n) is 10.6. The van der Waals surface area contributed by atoms with Crippen molar-refractivity contribution in [1.29, 1.82) is 0 Å². The molecule has 0 unspecified atom stereocenters. The fourth-order valence-electron chi connectivity index (χ4n) is 2.07. The first kappa shape index (κ1) is 11.7. The van der Waals surface area contributed by atoms with Gasteiger partial charge in [0.1, 0.15) is 22.9 Å². The van der Waals surface area contributed by atoms with Crippen LogP contribution in [0.15, 0.2) is 24.4 Å². The highest BCUT2D eigenvalue weighted by molar-refractivity contribution is 5.77. The monoisotopic (exact) mass is 260 g/mol. The van der Waals surface area contributed by atoms with Gasteiger partial charge in [0.05, 0.1) is 18.9 Å². The number of ether oxygens (including phenoxy) is 1. The molecule has 0 spiro atoms. The van der Waals surface area contributed by atoms with Gasteiger partial charge < -0.3 is 9.72 Å². The third-order valence-corrected chi connectivity index (χ3v) is 3.00. The van der Waals surface area contributed by atoms with Crippen LogP contribution >= 0.6 is 0 Å². The number of aromatic amines is 1. The van der Waals surface area contributed by atoms with Crippen LogP contribution in [0.25, 0.3) is 22.6 Å². The van der Waals surface area contributed by atoms with Crippen LogP contribution in [-0.4, -0.2) is 26.9 Å². The van der Waals surface area contributed by atoms with Crippen molar-refractivity contribution >= 4 is 11.2 Å². The highest BCUT2D eigenvalue weighted by atomic mass is 19.1. The lowest BCUT2D eigenvalue weighted by atomic mass is 10.2. The van der Waals surface area contributed by atoms with Gasteiger partial charge in [-0.2, -0.15) is 5.10 Å². The van der Waals surface area contributed by atoms with Gasteiger partial charge in [0.15, 0.2) is 5.65 Å². The molecule has 2 aromatic heterocycles. The van der Waals surface area contributed by atoms with Crippen LogP contribution in [0.4, 0.5) is 4.39 Å². The quantitative estimate of drug-likeness (QED) is 0.787. The Bertz CT molecular complexity index is 731. The van der Waals surface area contributed by atoms with Gasteiger partial charge in [0.2, 0.25) is 0 Å². The molecule has 0 atom stereocenters. The molecule has 1 aromatic carbocycles. The van der Waals surface area contributed by atoms with E-state index in [1.54, 1.807) is 16.9 Å². The van der Waals surface area contributed by atoms with Gasteiger partial charge in [0, 0.05) is 12.6 Å². The minimum Gasteiger partial charge on any atom is -0.496 e. The van der Waals surface area contributed by atoms with Gasteiger partial charge in [-0.05, 0) is 19.1 Å². The predicted molar refractivity (Wildman–Crippen MR) is 69.5 cm³/mol. The number of aromatic nitrogens is 4. The summed E-state index contributed by atoms with van der Waals surface area (Å²) in [4.78, 5) is 7.66. The topological polar surface area (TPSA) is 55.7 Å². The van der Waals surface area contributed by atoms with Gasteiger partial charge in [-0.1, -0.05) is 0 Å². The normalized spacial score (nSPS) is 11.1. The molecule has 0 aliphatic heterocycles. The van der Waals surface area contributed by atoms with Crippen molar-refractivity contribution in [1.82, 2.24) is 19.7 Å². The number of hydrogen-bond acceptors (Lipinski definition) is 3. The molecule has 0 radical (unpaired) electrons. The summed E-state index contributed by atoms with van der Waals surface area (Å²) in [5.74, 6) is 0.760. The number of nitrogens with zero attached hydrogens (tertiary/aromatic N) is 3. The molecule has 0 bridgehead atoms. The second kappa shape index (κ2) is 4.38. The first-order chi connectivity index (χ1) is 9.22. The third kappa shape index (κ3) is 1.85. The first-order valence-corrected chi connectivity index (χ1v) is 5.98. The molecule has 0 fully saturated rings. The van der Waals surface area contributed by atoms with E-state index in [9.17, 15) is 4.39 Å². The largest absolute Gasteiger partial charge is 0.496 e. The fourth-order valence-corrected chi connectivity index (χ4v) is 2.07. The molecule has 0 amide bonds. The Morgan fingerprint density at radius 2 is 2.26 bits per heavy atom. The number of nitrogens with one attached hydrogen (secondary N) is 1. The minimum absolute atomic E-state index is 0.337. The van der Waals surface area contributed by atoms with Crippen LogP contribution in [0.5, 0.6) is 5.75 Å². The van der Waals surface area contributed by atoms with E-state index in [1.807, 2.05) is 6.92 Å². The van der Waals surface area contributed by atoms with Crippen LogP contribution in [0.1, 0.15) is 6.92 Å². The molecule has 0 aliphatic rings. The second-order valence-electron chi connectivity index (χ2n) is 4.13. The van der Waals surface area contributed by atoms with Gasteiger partial charge in [0.25, 0.3) is 0 Å². The lowest BCUT2D eigenvalue weighted by Gasteiger charge is -2.05. The second-order valence-corrected chi connectivity index (χ2v) is 4.13. The summed E-state index contributed by atoms with van der Waals surface area (Å²) in [6, 6.07) is 4.38. The maximum absolute atomic E-state index is 13.2. The van der Waals surface area contributed by atoms with Gasteiger partial charge in [-0.15, -0.1) is 0 Å². The van der Waals surface area contributed by atoms with Crippen molar-refractivity contribution in [3.8, 4) is 17.1 Å². The Morgan fingerprint density at radius 3 is 3.00 bits per heavy atom. The Kier molecular flexibility index (Phi) is 2.70. The molecule has 0 saturated carbocycles. The summed E-state index contributed by atoms with van der Waals surface area (Å²) in [5, 5.41) is 4.20. The number of rotatable bonds is 3. The molecule has 2 heterocycles. The molecule has 3 aromatic rings. The van der Waals surface area contributed by atoms with Crippen LogP contribution in [0.3, 0.4) is 0 Å². The van der Waals surface area contributed by atoms with E-state index in [-0.39, 0.29) is 5.82 Å². The number of fused-ring (bicyclic) bond motifs is 1. The van der Waals surface area contributed by atoms with Crippen LogP contribution < -0.4 is 4.74 Å². The number of hydrogen-bond donors (Lipinski definition) is 1. The zero-order valence-corrected chi connectivity index (χ0v) is 10.6. The maximum atomic E-state index is 13.2. The summed E-state index contributed by atoms with van der Waals surface area (Å²) in [6.07, 6.45) is 1.73. The van der Waals surface area contributed by atoms with E-state index in [0.717, 1.165) is 23.3 Å². The Balaban J connectivity index is 2.16. The summed E-state index contributed by atoms with van der Waals surface area (Å²) < 4.78 is 20.2. The molecule has 5 nitrogen and oxygen atoms in total. The summed E-state index contributed by atoms with van der Waals surface area (Å²) in [5.41, 5.74) is 2.36. The number of H-pyrrole nitrogens is 1. The number of benzene rings is 1. The maximum Gasteiger partial charge on any atom is 0.176 e. The summed E-state index contributed by atoms with van der Waals surface area (Å²) in [6.45, 7) is 2.74. The molecule has 98 valence electrons. The smallest absolute Gasteiger partial charge is 0.176 e. The van der Waals surface area contributed by atoms with Crippen molar-refractivity contribution in [2.24, 2.45) is 0 Å². The standard InChI is InChI=1S/C13H13FN4O/c1-3-18-13-10(7-15-18)16-12(17-13)9-5-4-8(14)6-11(9)19-2/h4-7H,3H2,1-2H3,(H,16,17). The van der Waals surface area contributed by atoms with Gasteiger partial charge in [-0.3, -0.25) is 0 Å². The van der Waals surface area contributed by atoms with Crippen molar-refractivity contribution in [3.63, 3.8) is 0 Å². The molecular weight excluding hydrogens is 247 g/mol. The third-order valence-electron chi connectivity index (χ3n) is 3.00. The van der Waals surface area contributed by atoms with Crippen molar-refractivity contribution in [3.05, 3.63) is 30.2 Å². The SMILES string of the molecule is CCn1ncc2[nH]c(-c3ccc(F)cc3OC)nc21. The van der Waals surface area contributed by atoms with Crippen molar-refractivity contribution in [2.45, 2.75) is 13.5 Å². The lowest BCUT2D eigenvalue weighted by Crippen LogP contribution is -1.96. The molecule has 3 rings (SSSR count). The lowest BCUT2D eigenvalue weighted by molar-refractivity contribution is 0.412. The average Bonchev–Trinajstić information content (AvgIpc) is 2.98. The average molecular weight is 260 g/mol. The molecule has 0 saturated heterocycles. The van der Waals surface area contributed by atoms with E-state index < -0.39 is 0 Å². The Morgan fingerprint density at radius 1 is 1.42 bits per heavy atom. The van der Waals surface area contributed by atoms with Crippen LogP contribution in [0, 0.1) is 5.82 Å². The number of halogens is 1. The first-order valence-electron chi connectivity index (χ1n) is 5.98. The van der Waals surface area contributed by atoms with E-state index >= 15 is 0 Å². The Hall–Kier alpha value is -2.37. The number of aryl methyl sites for hydroxylation is 1. The molecule has 6 heteroatoms. The molecule has 19 heavy (non-hydrogen) atoms. The highest BCUT2D eigenvalue weighted by Gasteiger charge is 2.13. The van der Waals surface area contributed by atoms with E-state index in [1.165, 1.54) is 19.2 Å². The molecule has 1 N–H and O–H groups in total. The minimum atomic E-state index is -0.337. The van der Waals surface area contributed by atoms with Gasteiger partial charge >= 0.3 is 0 Å². The number of methoxy groups -OCH3 is 1. The Labute approximate surface area is 109 Å². The number of imidazole rings is 1. The highest BCUT2D eigenvalue weighted by Crippen LogP contribution is 2.29.